The molecule has 1 aliphatic carbocycles. The van der Waals surface area contributed by atoms with E-state index in [1.54, 1.807) is 24.5 Å². The Bertz CT molecular complexity index is 679. The maximum absolute atomic E-state index is 4.69. The number of hydrogen-bond donors (Lipinski definition) is 0. The van der Waals surface area contributed by atoms with Gasteiger partial charge in [-0.15, -0.1) is 6.58 Å². The van der Waals surface area contributed by atoms with Gasteiger partial charge in [0, 0.05) is 13.7 Å². The van der Waals surface area contributed by atoms with Crippen LogP contribution in [0.1, 0.15) is 84.8 Å². The fourth-order valence-electron chi connectivity index (χ4n) is 2.77. The van der Waals surface area contributed by atoms with Crippen LogP contribution in [0.2, 0.25) is 0 Å². The average Bonchev–Trinajstić information content (AvgIpc) is 3.37. The molecule has 1 aromatic heterocycles. The molecule has 2 heteroatoms. The molecule has 1 aromatic carbocycles. The Balaban J connectivity index is 0. The number of ether oxygens (including phenoxy) is 1. The second-order valence-corrected chi connectivity index (χ2v) is 7.94. The largest absolute Gasteiger partial charge is 0.385 e. The van der Waals surface area contributed by atoms with Crippen molar-refractivity contribution in [3.8, 4) is 0 Å². The van der Waals surface area contributed by atoms with Gasteiger partial charge < -0.3 is 4.74 Å². The van der Waals surface area contributed by atoms with E-state index in [4.69, 9.17) is 4.74 Å². The molecule has 0 unspecified atom stereocenters. The number of benzene rings is 1. The van der Waals surface area contributed by atoms with Crippen LogP contribution in [0.3, 0.4) is 0 Å². The van der Waals surface area contributed by atoms with E-state index >= 15 is 0 Å². The van der Waals surface area contributed by atoms with Crippen molar-refractivity contribution in [1.82, 2.24) is 0 Å². The van der Waals surface area contributed by atoms with Crippen LogP contribution in [0, 0.1) is 0 Å². The molecule has 0 spiro atoms. The number of allylic oxidation sites excluding steroid dienone is 5. The molecule has 0 saturated carbocycles. The molecule has 0 bridgehead atoms. The van der Waals surface area contributed by atoms with Crippen LogP contribution in [0.25, 0.3) is 5.57 Å². The highest BCUT2D eigenvalue weighted by molar-refractivity contribution is 7.08. The summed E-state index contributed by atoms with van der Waals surface area (Å²) in [5, 5.41) is 4.37. The summed E-state index contributed by atoms with van der Waals surface area (Å²) >= 11 is 1.77. The van der Waals surface area contributed by atoms with Gasteiger partial charge in [0.2, 0.25) is 0 Å². The summed E-state index contributed by atoms with van der Waals surface area (Å²) in [4.78, 5) is 0. The number of unbranched alkanes of at least 4 members (excludes halogenated alkanes) is 1. The van der Waals surface area contributed by atoms with Crippen LogP contribution in [-0.4, -0.2) is 13.7 Å². The molecule has 1 aliphatic rings. The molecule has 0 aliphatic heterocycles. The SMILES string of the molecule is C=CC.CC.CC1=CCCC(c2ccsc2)=C1.CCCCc1ccccc1.CCCOC. The summed E-state index contributed by atoms with van der Waals surface area (Å²) in [5.41, 5.74) is 5.77. The van der Waals surface area contributed by atoms with Crippen molar-refractivity contribution in [3.05, 3.63) is 88.7 Å². The lowest BCUT2D eigenvalue weighted by molar-refractivity contribution is 0.199. The normalized spacial score (nSPS) is 11.3. The third-order valence-corrected chi connectivity index (χ3v) is 4.93. The Morgan fingerprint density at radius 2 is 1.72 bits per heavy atom. The summed E-state index contributed by atoms with van der Waals surface area (Å²) in [6.45, 7) is 16.6. The first-order valence-electron chi connectivity index (χ1n) is 12.1. The Morgan fingerprint density at radius 3 is 2.16 bits per heavy atom. The molecule has 180 valence electrons. The highest BCUT2D eigenvalue weighted by Gasteiger charge is 2.04. The molecule has 1 heterocycles. The molecule has 0 atom stereocenters. The lowest BCUT2D eigenvalue weighted by Gasteiger charge is -2.09. The van der Waals surface area contributed by atoms with Gasteiger partial charge in [0.25, 0.3) is 0 Å². The highest BCUT2D eigenvalue weighted by atomic mass is 32.1. The van der Waals surface area contributed by atoms with Crippen molar-refractivity contribution >= 4 is 16.9 Å². The van der Waals surface area contributed by atoms with Crippen LogP contribution < -0.4 is 0 Å². The maximum Gasteiger partial charge on any atom is 0.0459 e. The first-order chi connectivity index (χ1) is 15.6. The van der Waals surface area contributed by atoms with Crippen LogP contribution in [0.15, 0.2) is 77.5 Å². The first kappa shape index (κ1) is 32.3. The zero-order valence-corrected chi connectivity index (χ0v) is 22.6. The molecule has 0 radical (unpaired) electrons. The van der Waals surface area contributed by atoms with E-state index < -0.39 is 0 Å². The van der Waals surface area contributed by atoms with E-state index in [-0.39, 0.29) is 0 Å². The topological polar surface area (TPSA) is 9.23 Å². The van der Waals surface area contributed by atoms with Gasteiger partial charge in [-0.25, -0.2) is 0 Å². The number of hydrogen-bond acceptors (Lipinski definition) is 2. The average molecular weight is 457 g/mol. The maximum atomic E-state index is 4.69. The second kappa shape index (κ2) is 25.4. The van der Waals surface area contributed by atoms with Crippen LogP contribution >= 0.6 is 11.3 Å². The standard InChI is InChI=1S/C11H12S.C10H14.C4H10O.C3H6.C2H6/c1-9-3-2-4-10(7-9)11-5-6-12-8-11;1-2-3-7-10-8-5-4-6-9-10;1-3-4-5-2;1-3-2;1-2/h3,5-8H,2,4H2,1H3;4-6,8-9H,2-3,7H2,1H3;3-4H2,1-2H3;3H,1H2,2H3;1-2H3. The predicted octanol–water partition coefficient (Wildman–Crippen LogP) is 10.2. The van der Waals surface area contributed by atoms with E-state index in [9.17, 15) is 0 Å². The first-order valence-corrected chi connectivity index (χ1v) is 13.1. The molecule has 0 fully saturated rings. The van der Waals surface area contributed by atoms with Crippen molar-refractivity contribution in [1.29, 1.82) is 0 Å². The lowest BCUT2D eigenvalue weighted by atomic mass is 9.96. The summed E-state index contributed by atoms with van der Waals surface area (Å²) in [6, 6.07) is 12.9. The molecular formula is C30H48OS. The van der Waals surface area contributed by atoms with E-state index in [1.807, 2.05) is 20.8 Å². The number of aryl methyl sites for hydroxylation is 1. The fraction of sp³-hybridized carbons (Fsp3) is 0.467. The number of thiophene rings is 1. The molecule has 1 nitrogen and oxygen atoms in total. The molecule has 32 heavy (non-hydrogen) atoms. The Labute approximate surface area is 203 Å². The molecule has 0 amide bonds. The van der Waals surface area contributed by atoms with Gasteiger partial charge in [-0.2, -0.15) is 11.3 Å². The number of methoxy groups -OCH3 is 1. The van der Waals surface area contributed by atoms with E-state index in [0.717, 1.165) is 13.0 Å². The van der Waals surface area contributed by atoms with Gasteiger partial charge in [0.15, 0.2) is 0 Å². The van der Waals surface area contributed by atoms with Crippen molar-refractivity contribution in [2.24, 2.45) is 0 Å². The molecule has 0 saturated heterocycles. The minimum Gasteiger partial charge on any atom is -0.385 e. The van der Waals surface area contributed by atoms with E-state index in [2.05, 4.69) is 86.7 Å². The Morgan fingerprint density at radius 1 is 1.06 bits per heavy atom. The third-order valence-electron chi connectivity index (χ3n) is 4.24. The summed E-state index contributed by atoms with van der Waals surface area (Å²) < 4.78 is 4.69. The summed E-state index contributed by atoms with van der Waals surface area (Å²) in [6.07, 6.45) is 13.7. The van der Waals surface area contributed by atoms with Crippen molar-refractivity contribution < 1.29 is 4.74 Å². The zero-order valence-electron chi connectivity index (χ0n) is 21.8. The van der Waals surface area contributed by atoms with Crippen molar-refractivity contribution in [2.75, 3.05) is 13.7 Å². The molecular weight excluding hydrogens is 408 g/mol. The second-order valence-electron chi connectivity index (χ2n) is 7.16. The monoisotopic (exact) mass is 456 g/mol. The van der Waals surface area contributed by atoms with Gasteiger partial charge >= 0.3 is 0 Å². The minimum absolute atomic E-state index is 0.889. The Hall–Kier alpha value is -1.90. The molecule has 3 rings (SSSR count). The zero-order chi connectivity index (χ0) is 24.5. The van der Waals surface area contributed by atoms with Gasteiger partial charge in [0.05, 0.1) is 0 Å². The quantitative estimate of drug-likeness (QED) is 0.393. The predicted molar refractivity (Wildman–Crippen MR) is 150 cm³/mol. The van der Waals surface area contributed by atoms with Crippen LogP contribution in [0.5, 0.6) is 0 Å². The van der Waals surface area contributed by atoms with Gasteiger partial charge in [-0.1, -0.05) is 88.2 Å². The lowest BCUT2D eigenvalue weighted by Crippen LogP contribution is -1.88. The summed E-state index contributed by atoms with van der Waals surface area (Å²) in [5.74, 6) is 0. The van der Waals surface area contributed by atoms with Gasteiger partial charge in [-0.3, -0.25) is 0 Å². The molecule has 2 aromatic rings. The minimum atomic E-state index is 0.889. The van der Waals surface area contributed by atoms with E-state index in [0.29, 0.717) is 0 Å². The Kier molecular flexibility index (Phi) is 25.6. The fourth-order valence-corrected chi connectivity index (χ4v) is 3.45. The summed E-state index contributed by atoms with van der Waals surface area (Å²) in [7, 11) is 1.71. The van der Waals surface area contributed by atoms with Crippen LogP contribution in [0.4, 0.5) is 0 Å². The van der Waals surface area contributed by atoms with Crippen LogP contribution in [-0.2, 0) is 11.2 Å². The van der Waals surface area contributed by atoms with Crippen molar-refractivity contribution in [3.63, 3.8) is 0 Å². The van der Waals surface area contributed by atoms with Crippen molar-refractivity contribution in [2.45, 2.75) is 80.1 Å². The molecule has 0 N–H and O–H groups in total. The van der Waals surface area contributed by atoms with Gasteiger partial charge in [-0.05, 0) is 79.5 Å². The third kappa shape index (κ3) is 18.8. The number of rotatable bonds is 6. The highest BCUT2D eigenvalue weighted by Crippen LogP contribution is 2.27. The smallest absolute Gasteiger partial charge is 0.0459 e. The van der Waals surface area contributed by atoms with E-state index in [1.165, 1.54) is 54.4 Å². The van der Waals surface area contributed by atoms with Gasteiger partial charge in [0.1, 0.15) is 0 Å².